The molecule has 27 heavy (non-hydrogen) atoms. The van der Waals surface area contributed by atoms with E-state index in [0.717, 1.165) is 6.08 Å². The molecule has 0 aliphatic heterocycles. The molecule has 0 saturated carbocycles. The monoisotopic (exact) mass is 370 g/mol. The molecule has 140 valence electrons. The molecule has 0 radical (unpaired) electrons. The van der Waals surface area contributed by atoms with Crippen molar-refractivity contribution >= 4 is 41.2 Å². The fraction of sp³-hybridized carbons (Fsp3) is 0.118. The zero-order chi connectivity index (χ0) is 19.6. The van der Waals surface area contributed by atoms with Gasteiger partial charge >= 0.3 is 0 Å². The molecule has 0 spiro atoms. The Labute approximate surface area is 154 Å². The van der Waals surface area contributed by atoms with Crippen molar-refractivity contribution in [3.8, 4) is 0 Å². The lowest BCUT2D eigenvalue weighted by atomic mass is 10.2. The van der Waals surface area contributed by atoms with Gasteiger partial charge in [0.15, 0.2) is 0 Å². The average molecular weight is 370 g/mol. The molecule has 10 heteroatoms. The van der Waals surface area contributed by atoms with E-state index in [0.29, 0.717) is 29.4 Å². The predicted molar refractivity (Wildman–Crippen MR) is 99.3 cm³/mol. The molecule has 0 bridgehead atoms. The van der Waals surface area contributed by atoms with Gasteiger partial charge in [-0.05, 0) is 24.3 Å². The lowest BCUT2D eigenvalue weighted by molar-refractivity contribution is -0.124. The van der Waals surface area contributed by atoms with E-state index in [-0.39, 0.29) is 0 Å². The molecule has 2 aromatic rings. The molecule has 1 heterocycles. The fourth-order valence-electron chi connectivity index (χ4n) is 1.99. The van der Waals surface area contributed by atoms with Gasteiger partial charge in [0.25, 0.3) is 0 Å². The maximum atomic E-state index is 12.2. The zero-order valence-corrected chi connectivity index (χ0v) is 14.2. The summed E-state index contributed by atoms with van der Waals surface area (Å²) in [5.74, 6) is -0.851. The van der Waals surface area contributed by atoms with Gasteiger partial charge in [-0.25, -0.2) is 9.97 Å². The number of nitrogens with zero attached hydrogens (tertiary/aromatic N) is 2. The van der Waals surface area contributed by atoms with E-state index in [4.69, 9.17) is 0 Å². The molecule has 1 aromatic carbocycles. The lowest BCUT2D eigenvalue weighted by Crippen LogP contribution is -2.45. The van der Waals surface area contributed by atoms with Gasteiger partial charge in [-0.3, -0.25) is 14.4 Å². The second-order valence-electron chi connectivity index (χ2n) is 5.20. The number of nitrogens with one attached hydrogen (secondary N) is 4. The van der Waals surface area contributed by atoms with Crippen LogP contribution >= 0.6 is 0 Å². The first-order chi connectivity index (χ1) is 13.0. The Bertz CT molecular complexity index is 824. The van der Waals surface area contributed by atoms with Crippen LogP contribution in [0.25, 0.3) is 0 Å². The van der Waals surface area contributed by atoms with E-state index in [1.807, 2.05) is 0 Å². The molecule has 10 nitrogen and oxygen atoms in total. The molecule has 5 N–H and O–H groups in total. The Hall–Kier alpha value is -3.79. The second kappa shape index (κ2) is 9.63. The normalized spacial score (nSPS) is 11.0. The number of benzene rings is 1. The smallest absolute Gasteiger partial charge is 0.249 e. The van der Waals surface area contributed by atoms with E-state index in [2.05, 4.69) is 37.8 Å². The number of rotatable bonds is 9. The third kappa shape index (κ3) is 5.90. The first-order valence-corrected chi connectivity index (χ1v) is 7.79. The number of aromatic nitrogens is 2. The van der Waals surface area contributed by atoms with Crippen molar-refractivity contribution in [1.29, 1.82) is 0 Å². The highest BCUT2D eigenvalue weighted by atomic mass is 16.3. The Morgan fingerprint density at radius 3 is 2.52 bits per heavy atom. The summed E-state index contributed by atoms with van der Waals surface area (Å²) in [6, 6.07) is 5.59. The van der Waals surface area contributed by atoms with E-state index in [9.17, 15) is 19.5 Å². The standard InChI is InChI=1S/C17H18N6O4/c1-2-15(26)23-14(9-24)16(27)21-11-4-3-5-12(6-11)22-17-18-7-13(8-19-17)20-10-25/h2-8,10,14,24H,1,9H2,(H,20,25)(H,21,27)(H,23,26)(H,18,19,22). The number of aliphatic hydroxyl groups is 1. The number of aliphatic hydroxyl groups excluding tert-OH is 1. The van der Waals surface area contributed by atoms with Crippen LogP contribution in [0.5, 0.6) is 0 Å². The van der Waals surface area contributed by atoms with Crippen molar-refractivity contribution in [2.45, 2.75) is 6.04 Å². The van der Waals surface area contributed by atoms with Gasteiger partial charge in [-0.15, -0.1) is 0 Å². The van der Waals surface area contributed by atoms with Crippen LogP contribution in [-0.4, -0.2) is 45.9 Å². The summed E-state index contributed by atoms with van der Waals surface area (Å²) in [6.07, 6.45) is 4.40. The van der Waals surface area contributed by atoms with Crippen molar-refractivity contribution in [1.82, 2.24) is 15.3 Å². The van der Waals surface area contributed by atoms with Gasteiger partial charge in [0.2, 0.25) is 24.2 Å². The molecule has 3 amide bonds. The minimum absolute atomic E-state index is 0.293. The van der Waals surface area contributed by atoms with Gasteiger partial charge in [0.1, 0.15) is 6.04 Å². The molecule has 2 rings (SSSR count). The molecule has 0 fully saturated rings. The van der Waals surface area contributed by atoms with Crippen molar-refractivity contribution < 1.29 is 19.5 Å². The molecule has 1 aromatic heterocycles. The lowest BCUT2D eigenvalue weighted by Gasteiger charge is -2.15. The minimum Gasteiger partial charge on any atom is -0.394 e. The van der Waals surface area contributed by atoms with Crippen LogP contribution in [-0.2, 0) is 14.4 Å². The number of carbonyl (C=O) groups is 3. The summed E-state index contributed by atoms with van der Waals surface area (Å²) in [7, 11) is 0. The van der Waals surface area contributed by atoms with Gasteiger partial charge in [0, 0.05) is 11.4 Å². The largest absolute Gasteiger partial charge is 0.394 e. The van der Waals surface area contributed by atoms with Crippen LogP contribution in [0.1, 0.15) is 0 Å². The molecule has 0 aliphatic rings. The Morgan fingerprint density at radius 1 is 1.19 bits per heavy atom. The highest BCUT2D eigenvalue weighted by molar-refractivity contribution is 5.99. The van der Waals surface area contributed by atoms with Crippen molar-refractivity contribution in [2.75, 3.05) is 22.6 Å². The van der Waals surface area contributed by atoms with E-state index in [1.54, 1.807) is 24.3 Å². The Balaban J connectivity index is 2.03. The SMILES string of the molecule is C=CC(=O)NC(CO)C(=O)Nc1cccc(Nc2ncc(NC=O)cn2)c1. The summed E-state index contributed by atoms with van der Waals surface area (Å²) in [4.78, 5) is 41.9. The van der Waals surface area contributed by atoms with Crippen LogP contribution in [0.2, 0.25) is 0 Å². The average Bonchev–Trinajstić information content (AvgIpc) is 2.67. The first kappa shape index (κ1) is 19.5. The second-order valence-corrected chi connectivity index (χ2v) is 5.20. The predicted octanol–water partition coefficient (Wildman–Crippen LogP) is 0.390. The number of carbonyl (C=O) groups excluding carboxylic acids is 3. The third-order valence-corrected chi connectivity index (χ3v) is 3.26. The van der Waals surface area contributed by atoms with Gasteiger partial charge < -0.3 is 26.4 Å². The number of hydrogen-bond acceptors (Lipinski definition) is 7. The molecular formula is C17H18N6O4. The number of amides is 3. The molecule has 1 unspecified atom stereocenters. The molecule has 0 aliphatic carbocycles. The van der Waals surface area contributed by atoms with Gasteiger partial charge in [-0.1, -0.05) is 12.6 Å². The fourth-order valence-corrected chi connectivity index (χ4v) is 1.99. The maximum Gasteiger partial charge on any atom is 0.249 e. The number of hydrogen-bond donors (Lipinski definition) is 5. The summed E-state index contributed by atoms with van der Waals surface area (Å²) >= 11 is 0. The summed E-state index contributed by atoms with van der Waals surface area (Å²) in [5.41, 5.74) is 1.49. The van der Waals surface area contributed by atoms with Crippen molar-refractivity contribution in [3.05, 3.63) is 49.3 Å². The van der Waals surface area contributed by atoms with Gasteiger partial charge in [0.05, 0.1) is 24.7 Å². The first-order valence-electron chi connectivity index (χ1n) is 7.79. The van der Waals surface area contributed by atoms with Crippen LogP contribution in [0.15, 0.2) is 49.3 Å². The number of anilines is 4. The highest BCUT2D eigenvalue weighted by Gasteiger charge is 2.18. The Kier molecular flexibility index (Phi) is 6.97. The van der Waals surface area contributed by atoms with Crippen LogP contribution in [0, 0.1) is 0 Å². The highest BCUT2D eigenvalue weighted by Crippen LogP contribution is 2.18. The topological polar surface area (TPSA) is 145 Å². The molecule has 1 atom stereocenters. The summed E-state index contributed by atoms with van der Waals surface area (Å²) in [5, 5.41) is 19.6. The summed E-state index contributed by atoms with van der Waals surface area (Å²) < 4.78 is 0. The zero-order valence-electron chi connectivity index (χ0n) is 14.2. The minimum atomic E-state index is -1.10. The van der Waals surface area contributed by atoms with Crippen molar-refractivity contribution in [3.63, 3.8) is 0 Å². The quantitative estimate of drug-likeness (QED) is 0.317. The van der Waals surface area contributed by atoms with Crippen LogP contribution in [0.3, 0.4) is 0 Å². The van der Waals surface area contributed by atoms with E-state index >= 15 is 0 Å². The molecular weight excluding hydrogens is 352 g/mol. The maximum absolute atomic E-state index is 12.2. The van der Waals surface area contributed by atoms with E-state index < -0.39 is 24.5 Å². The van der Waals surface area contributed by atoms with Gasteiger partial charge in [-0.2, -0.15) is 0 Å². The Morgan fingerprint density at radius 2 is 1.89 bits per heavy atom. The van der Waals surface area contributed by atoms with Crippen molar-refractivity contribution in [2.24, 2.45) is 0 Å². The van der Waals surface area contributed by atoms with Crippen LogP contribution < -0.4 is 21.3 Å². The summed E-state index contributed by atoms with van der Waals surface area (Å²) in [6.45, 7) is 2.73. The van der Waals surface area contributed by atoms with E-state index in [1.165, 1.54) is 12.4 Å². The third-order valence-electron chi connectivity index (χ3n) is 3.26. The van der Waals surface area contributed by atoms with Crippen LogP contribution in [0.4, 0.5) is 23.0 Å². The molecule has 0 saturated heterocycles.